The third-order valence-corrected chi connectivity index (χ3v) is 4.51. The van der Waals surface area contributed by atoms with Crippen LogP contribution in [-0.2, 0) is 9.59 Å². The van der Waals surface area contributed by atoms with Crippen molar-refractivity contribution in [3.63, 3.8) is 0 Å². The van der Waals surface area contributed by atoms with Crippen LogP contribution in [0.3, 0.4) is 0 Å². The Bertz CT molecular complexity index is 532. The number of nitrogens with zero attached hydrogens (tertiary/aromatic N) is 2. The van der Waals surface area contributed by atoms with Gasteiger partial charge in [0.15, 0.2) is 0 Å². The van der Waals surface area contributed by atoms with E-state index in [1.807, 2.05) is 30.5 Å². The molecule has 1 unspecified atom stereocenters. The first kappa shape index (κ1) is 12.5. The summed E-state index contributed by atoms with van der Waals surface area (Å²) in [5, 5.41) is 0. The SMILES string of the molecule is CSc1cccc(N2CC(=O)N3CCCC3C2=O)c1. The molecule has 2 saturated heterocycles. The zero-order chi connectivity index (χ0) is 13.4. The van der Waals surface area contributed by atoms with Crippen molar-refractivity contribution in [3.05, 3.63) is 24.3 Å². The van der Waals surface area contributed by atoms with Crippen molar-refractivity contribution in [2.75, 3.05) is 24.2 Å². The number of fused-ring (bicyclic) bond motifs is 1. The maximum Gasteiger partial charge on any atom is 0.250 e. The number of carbonyl (C=O) groups excluding carboxylic acids is 2. The predicted octanol–water partition coefficient (Wildman–Crippen LogP) is 1.75. The standard InChI is InChI=1S/C14H16N2O2S/c1-19-11-5-2-4-10(8-11)16-9-13(17)15-7-3-6-12(15)14(16)18/h2,4-5,8,12H,3,6-7,9H2,1H3. The lowest BCUT2D eigenvalue weighted by atomic mass is 10.1. The molecule has 2 aliphatic heterocycles. The van der Waals surface area contributed by atoms with Gasteiger partial charge in [-0.15, -0.1) is 11.8 Å². The van der Waals surface area contributed by atoms with Crippen LogP contribution in [0.15, 0.2) is 29.2 Å². The van der Waals surface area contributed by atoms with Gasteiger partial charge in [-0.3, -0.25) is 9.59 Å². The third-order valence-electron chi connectivity index (χ3n) is 3.78. The number of anilines is 1. The van der Waals surface area contributed by atoms with E-state index in [1.54, 1.807) is 21.6 Å². The Morgan fingerprint density at radius 3 is 2.95 bits per heavy atom. The van der Waals surface area contributed by atoms with Crippen molar-refractivity contribution in [3.8, 4) is 0 Å². The number of piperazine rings is 1. The van der Waals surface area contributed by atoms with E-state index in [0.717, 1.165) is 30.0 Å². The molecule has 1 aromatic rings. The maximum absolute atomic E-state index is 12.5. The van der Waals surface area contributed by atoms with E-state index in [0.29, 0.717) is 0 Å². The molecular formula is C14H16N2O2S. The van der Waals surface area contributed by atoms with Gasteiger partial charge < -0.3 is 9.80 Å². The highest BCUT2D eigenvalue weighted by atomic mass is 32.2. The summed E-state index contributed by atoms with van der Waals surface area (Å²) < 4.78 is 0. The van der Waals surface area contributed by atoms with E-state index < -0.39 is 0 Å². The number of hydrogen-bond acceptors (Lipinski definition) is 3. The lowest BCUT2D eigenvalue weighted by molar-refractivity contribution is -0.140. The Labute approximate surface area is 116 Å². The van der Waals surface area contributed by atoms with Crippen LogP contribution in [0.5, 0.6) is 0 Å². The van der Waals surface area contributed by atoms with Gasteiger partial charge in [0, 0.05) is 17.1 Å². The minimum absolute atomic E-state index is 0.0651. The van der Waals surface area contributed by atoms with Gasteiger partial charge >= 0.3 is 0 Å². The fourth-order valence-electron chi connectivity index (χ4n) is 2.80. The Balaban J connectivity index is 1.91. The molecule has 1 aromatic carbocycles. The van der Waals surface area contributed by atoms with Crippen LogP contribution in [0.2, 0.25) is 0 Å². The first-order chi connectivity index (χ1) is 9.20. The van der Waals surface area contributed by atoms with E-state index in [2.05, 4.69) is 0 Å². The topological polar surface area (TPSA) is 40.6 Å². The highest BCUT2D eigenvalue weighted by Crippen LogP contribution is 2.29. The van der Waals surface area contributed by atoms with Gasteiger partial charge in [-0.05, 0) is 37.3 Å². The smallest absolute Gasteiger partial charge is 0.250 e. The Morgan fingerprint density at radius 2 is 2.16 bits per heavy atom. The van der Waals surface area contributed by atoms with Crippen LogP contribution >= 0.6 is 11.8 Å². The monoisotopic (exact) mass is 276 g/mol. The summed E-state index contributed by atoms with van der Waals surface area (Å²) in [4.78, 5) is 29.0. The van der Waals surface area contributed by atoms with Crippen LogP contribution < -0.4 is 4.90 Å². The first-order valence-corrected chi connectivity index (χ1v) is 7.68. The van der Waals surface area contributed by atoms with Crippen LogP contribution in [0.25, 0.3) is 0 Å². The van der Waals surface area contributed by atoms with Crippen LogP contribution in [0.4, 0.5) is 5.69 Å². The molecule has 2 aliphatic rings. The Kier molecular flexibility index (Phi) is 3.22. The fraction of sp³-hybridized carbons (Fsp3) is 0.429. The van der Waals surface area contributed by atoms with Crippen molar-refractivity contribution in [2.45, 2.75) is 23.8 Å². The van der Waals surface area contributed by atoms with Crippen LogP contribution in [0.1, 0.15) is 12.8 Å². The third kappa shape index (κ3) is 2.12. The number of rotatable bonds is 2. The fourth-order valence-corrected chi connectivity index (χ4v) is 3.26. The molecule has 2 amide bonds. The molecule has 2 heterocycles. The van der Waals surface area contributed by atoms with Gasteiger partial charge in [-0.25, -0.2) is 0 Å². The maximum atomic E-state index is 12.5. The van der Waals surface area contributed by atoms with Gasteiger partial charge in [-0.2, -0.15) is 0 Å². The van der Waals surface area contributed by atoms with Crippen molar-refractivity contribution in [1.29, 1.82) is 0 Å². The average molecular weight is 276 g/mol. The summed E-state index contributed by atoms with van der Waals surface area (Å²) in [7, 11) is 0. The van der Waals surface area contributed by atoms with Gasteiger partial charge in [0.1, 0.15) is 12.6 Å². The van der Waals surface area contributed by atoms with E-state index >= 15 is 0 Å². The second-order valence-electron chi connectivity index (χ2n) is 4.87. The number of carbonyl (C=O) groups is 2. The van der Waals surface area contributed by atoms with Crippen molar-refractivity contribution in [2.24, 2.45) is 0 Å². The molecule has 0 aromatic heterocycles. The molecule has 0 aliphatic carbocycles. The van der Waals surface area contributed by atoms with E-state index in [4.69, 9.17) is 0 Å². The minimum Gasteiger partial charge on any atom is -0.329 e. The molecule has 3 rings (SSSR count). The van der Waals surface area contributed by atoms with Gasteiger partial charge in [0.05, 0.1) is 0 Å². The first-order valence-electron chi connectivity index (χ1n) is 6.45. The summed E-state index contributed by atoms with van der Waals surface area (Å²) in [6.07, 6.45) is 3.73. The number of amides is 2. The lowest BCUT2D eigenvalue weighted by Gasteiger charge is -2.36. The molecule has 5 heteroatoms. The summed E-state index contributed by atoms with van der Waals surface area (Å²) in [5.74, 6) is 0.131. The molecule has 0 saturated carbocycles. The molecule has 0 radical (unpaired) electrons. The summed E-state index contributed by atoms with van der Waals surface area (Å²) >= 11 is 1.64. The van der Waals surface area contributed by atoms with Crippen LogP contribution in [0, 0.1) is 0 Å². The lowest BCUT2D eigenvalue weighted by Crippen LogP contribution is -2.57. The van der Waals surface area contributed by atoms with Gasteiger partial charge in [0.2, 0.25) is 11.8 Å². The highest BCUT2D eigenvalue weighted by Gasteiger charge is 2.42. The highest BCUT2D eigenvalue weighted by molar-refractivity contribution is 7.98. The molecule has 0 spiro atoms. The number of benzene rings is 1. The normalized spacial score (nSPS) is 22.9. The molecule has 4 nitrogen and oxygen atoms in total. The molecule has 2 fully saturated rings. The second-order valence-corrected chi connectivity index (χ2v) is 5.75. The van der Waals surface area contributed by atoms with Gasteiger partial charge in [0.25, 0.3) is 0 Å². The Hall–Kier alpha value is -1.49. The average Bonchev–Trinajstić information content (AvgIpc) is 2.93. The second kappa shape index (κ2) is 4.89. The molecule has 0 N–H and O–H groups in total. The number of hydrogen-bond donors (Lipinski definition) is 0. The largest absolute Gasteiger partial charge is 0.329 e. The quantitative estimate of drug-likeness (QED) is 0.773. The zero-order valence-electron chi connectivity index (χ0n) is 10.8. The van der Waals surface area contributed by atoms with Crippen molar-refractivity contribution >= 4 is 29.3 Å². The van der Waals surface area contributed by atoms with Crippen LogP contribution in [-0.4, -0.2) is 42.1 Å². The summed E-state index contributed by atoms with van der Waals surface area (Å²) in [5.41, 5.74) is 0.830. The predicted molar refractivity (Wildman–Crippen MR) is 75.3 cm³/mol. The van der Waals surface area contributed by atoms with E-state index in [-0.39, 0.29) is 24.4 Å². The van der Waals surface area contributed by atoms with E-state index in [9.17, 15) is 9.59 Å². The zero-order valence-corrected chi connectivity index (χ0v) is 11.7. The molecule has 1 atom stereocenters. The number of thioether (sulfide) groups is 1. The van der Waals surface area contributed by atoms with Crippen molar-refractivity contribution in [1.82, 2.24) is 4.90 Å². The van der Waals surface area contributed by atoms with Crippen molar-refractivity contribution < 1.29 is 9.59 Å². The molecule has 19 heavy (non-hydrogen) atoms. The van der Waals surface area contributed by atoms with E-state index in [1.165, 1.54) is 0 Å². The molecular weight excluding hydrogens is 260 g/mol. The summed E-state index contributed by atoms with van der Waals surface area (Å²) in [6, 6.07) is 7.57. The molecule has 0 bridgehead atoms. The Morgan fingerprint density at radius 1 is 1.32 bits per heavy atom. The summed E-state index contributed by atoms with van der Waals surface area (Å²) in [6.45, 7) is 0.904. The molecule has 100 valence electrons. The minimum atomic E-state index is -0.237. The van der Waals surface area contributed by atoms with Gasteiger partial charge in [-0.1, -0.05) is 6.07 Å².